The maximum absolute atomic E-state index is 11.8. The summed E-state index contributed by atoms with van der Waals surface area (Å²) in [5.41, 5.74) is 1.93. The predicted octanol–water partition coefficient (Wildman–Crippen LogP) is 4.31. The van der Waals surface area contributed by atoms with Crippen molar-refractivity contribution in [2.45, 2.75) is 18.6 Å². The van der Waals surface area contributed by atoms with Crippen LogP contribution in [0.2, 0.25) is 0 Å². The van der Waals surface area contributed by atoms with E-state index in [1.165, 1.54) is 11.8 Å². The topological polar surface area (TPSA) is 38.9 Å². The summed E-state index contributed by atoms with van der Waals surface area (Å²) < 4.78 is 29.2. The van der Waals surface area contributed by atoms with E-state index in [9.17, 15) is 8.78 Å². The summed E-state index contributed by atoms with van der Waals surface area (Å²) in [6.07, 6.45) is -0.507. The Morgan fingerprint density at radius 3 is 2.84 bits per heavy atom. The third-order valence-corrected chi connectivity index (χ3v) is 3.28. The van der Waals surface area contributed by atoms with E-state index in [1.54, 1.807) is 0 Å². The number of benzene rings is 1. The van der Waals surface area contributed by atoms with Crippen LogP contribution < -0.4 is 0 Å². The van der Waals surface area contributed by atoms with Crippen molar-refractivity contribution in [1.29, 1.82) is 0 Å². The van der Waals surface area contributed by atoms with E-state index < -0.39 is 6.08 Å². The molecule has 1 aromatic carbocycles. The highest BCUT2D eigenvalue weighted by Crippen LogP contribution is 2.25. The molecule has 0 fully saturated rings. The molecule has 1 aromatic heterocycles. The average molecular weight is 282 g/mol. The fourth-order valence-electron chi connectivity index (χ4n) is 1.50. The van der Waals surface area contributed by atoms with Gasteiger partial charge in [-0.3, -0.25) is 0 Å². The van der Waals surface area contributed by atoms with Crippen molar-refractivity contribution < 1.29 is 13.2 Å². The molecule has 0 saturated heterocycles. The molecule has 0 saturated carbocycles. The third-order valence-electron chi connectivity index (χ3n) is 2.42. The fourth-order valence-corrected chi connectivity index (χ4v) is 2.15. The van der Waals surface area contributed by atoms with Crippen LogP contribution in [0.3, 0.4) is 0 Å². The molecule has 0 aliphatic heterocycles. The number of rotatable bonds is 5. The molecule has 0 aliphatic carbocycles. The van der Waals surface area contributed by atoms with E-state index in [2.05, 4.69) is 10.2 Å². The second-order valence-corrected chi connectivity index (χ2v) is 4.87. The number of hydrogen-bond donors (Lipinski definition) is 0. The Bertz CT molecular complexity index is 580. The smallest absolute Gasteiger partial charge is 0.276 e. The van der Waals surface area contributed by atoms with E-state index in [4.69, 9.17) is 4.42 Å². The highest BCUT2D eigenvalue weighted by molar-refractivity contribution is 7.99. The van der Waals surface area contributed by atoms with Crippen molar-refractivity contribution in [2.75, 3.05) is 5.75 Å². The molecule has 100 valence electrons. The molecule has 0 N–H and O–H groups in total. The van der Waals surface area contributed by atoms with Crippen LogP contribution in [0.1, 0.15) is 12.0 Å². The number of aryl methyl sites for hydroxylation is 1. The Kier molecular flexibility index (Phi) is 4.68. The van der Waals surface area contributed by atoms with Gasteiger partial charge in [0.15, 0.2) is 0 Å². The lowest BCUT2D eigenvalue weighted by molar-refractivity contribution is 0.418. The molecule has 0 radical (unpaired) electrons. The monoisotopic (exact) mass is 282 g/mol. The van der Waals surface area contributed by atoms with E-state index in [0.717, 1.165) is 17.2 Å². The molecule has 0 spiro atoms. The minimum atomic E-state index is -1.66. The third kappa shape index (κ3) is 3.89. The van der Waals surface area contributed by atoms with Crippen LogP contribution in [0, 0.1) is 6.92 Å². The molecule has 0 aliphatic rings. The molecular weight excluding hydrogens is 270 g/mol. The van der Waals surface area contributed by atoms with Gasteiger partial charge in [0.1, 0.15) is 0 Å². The maximum atomic E-state index is 11.8. The minimum absolute atomic E-state index is 0.273. The van der Waals surface area contributed by atoms with Crippen molar-refractivity contribution in [2.24, 2.45) is 0 Å². The number of nitrogens with zero attached hydrogens (tertiary/aromatic N) is 2. The van der Waals surface area contributed by atoms with Gasteiger partial charge in [-0.15, -0.1) is 10.2 Å². The van der Waals surface area contributed by atoms with Gasteiger partial charge < -0.3 is 4.42 Å². The molecule has 3 nitrogen and oxygen atoms in total. The van der Waals surface area contributed by atoms with Crippen LogP contribution >= 0.6 is 11.8 Å². The number of halogens is 2. The first-order valence-corrected chi connectivity index (χ1v) is 6.69. The standard InChI is InChI=1S/C13H12F2N2OS/c1-9-5-2-3-6-10(9)12-16-17-13(18-12)19-8-4-7-11(14)15/h2-3,5-7H,4,8H2,1H3. The van der Waals surface area contributed by atoms with Gasteiger partial charge in [-0.1, -0.05) is 30.0 Å². The second-order valence-electron chi connectivity index (χ2n) is 3.82. The molecule has 0 unspecified atom stereocenters. The average Bonchev–Trinajstić information content (AvgIpc) is 2.83. The van der Waals surface area contributed by atoms with Crippen molar-refractivity contribution in [3.63, 3.8) is 0 Å². The fraction of sp³-hybridized carbons (Fsp3) is 0.231. The molecule has 0 bridgehead atoms. The maximum Gasteiger partial charge on any atom is 0.276 e. The molecule has 6 heteroatoms. The first-order chi connectivity index (χ1) is 9.16. The summed E-state index contributed by atoms with van der Waals surface area (Å²) in [6.45, 7) is 1.96. The van der Waals surface area contributed by atoms with E-state index in [-0.39, 0.29) is 6.42 Å². The summed E-state index contributed by atoms with van der Waals surface area (Å²) in [7, 11) is 0. The number of hydrogen-bond acceptors (Lipinski definition) is 4. The van der Waals surface area contributed by atoms with Crippen LogP contribution in [-0.2, 0) is 0 Å². The molecule has 2 aromatic rings. The van der Waals surface area contributed by atoms with Crippen LogP contribution in [0.25, 0.3) is 11.5 Å². The Morgan fingerprint density at radius 1 is 1.32 bits per heavy atom. The SMILES string of the molecule is Cc1ccccc1-c1nnc(SCCC=C(F)F)o1. The summed E-state index contributed by atoms with van der Waals surface area (Å²) in [5.74, 6) is 0.931. The molecule has 1 heterocycles. The molecule has 2 rings (SSSR count). The minimum Gasteiger partial charge on any atom is -0.411 e. The van der Waals surface area contributed by atoms with Gasteiger partial charge >= 0.3 is 0 Å². The molecular formula is C13H12F2N2OS. The predicted molar refractivity (Wildman–Crippen MR) is 70.1 cm³/mol. The van der Waals surface area contributed by atoms with Gasteiger partial charge in [-0.2, -0.15) is 8.78 Å². The largest absolute Gasteiger partial charge is 0.411 e. The number of allylic oxidation sites excluding steroid dienone is 1. The summed E-state index contributed by atoms with van der Waals surface area (Å²) in [4.78, 5) is 0. The Balaban J connectivity index is 2.00. The van der Waals surface area contributed by atoms with Crippen LogP contribution in [-0.4, -0.2) is 16.0 Å². The van der Waals surface area contributed by atoms with Gasteiger partial charge in [-0.05, 0) is 31.1 Å². The van der Waals surface area contributed by atoms with Gasteiger partial charge in [0.2, 0.25) is 5.89 Å². The van der Waals surface area contributed by atoms with Crippen LogP contribution in [0.4, 0.5) is 8.78 Å². The quantitative estimate of drug-likeness (QED) is 0.605. The van der Waals surface area contributed by atoms with Gasteiger partial charge in [0.05, 0.1) is 0 Å². The summed E-state index contributed by atoms with van der Waals surface area (Å²) in [5, 5.41) is 8.24. The van der Waals surface area contributed by atoms with E-state index in [0.29, 0.717) is 16.9 Å². The van der Waals surface area contributed by atoms with Gasteiger partial charge in [0.25, 0.3) is 11.3 Å². The summed E-state index contributed by atoms with van der Waals surface area (Å²) >= 11 is 1.27. The van der Waals surface area contributed by atoms with Crippen molar-refractivity contribution >= 4 is 11.8 Å². The highest BCUT2D eigenvalue weighted by atomic mass is 32.2. The first kappa shape index (κ1) is 13.7. The lowest BCUT2D eigenvalue weighted by Gasteiger charge is -1.98. The van der Waals surface area contributed by atoms with Crippen LogP contribution in [0.15, 0.2) is 46.1 Å². The zero-order chi connectivity index (χ0) is 13.7. The molecule has 19 heavy (non-hydrogen) atoms. The zero-order valence-corrected chi connectivity index (χ0v) is 11.1. The number of thioether (sulfide) groups is 1. The Hall–Kier alpha value is -1.69. The van der Waals surface area contributed by atoms with Gasteiger partial charge in [-0.25, -0.2) is 0 Å². The van der Waals surface area contributed by atoms with Crippen molar-refractivity contribution in [3.8, 4) is 11.5 Å². The second kappa shape index (κ2) is 6.47. The summed E-state index contributed by atoms with van der Waals surface area (Å²) in [6, 6.07) is 7.69. The lowest BCUT2D eigenvalue weighted by Crippen LogP contribution is -1.81. The van der Waals surface area contributed by atoms with E-state index in [1.807, 2.05) is 31.2 Å². The Labute approximate surface area is 113 Å². The number of aromatic nitrogens is 2. The highest BCUT2D eigenvalue weighted by Gasteiger charge is 2.10. The Morgan fingerprint density at radius 2 is 2.11 bits per heavy atom. The van der Waals surface area contributed by atoms with Gasteiger partial charge in [0, 0.05) is 11.3 Å². The van der Waals surface area contributed by atoms with Crippen LogP contribution in [0.5, 0.6) is 0 Å². The molecule has 0 atom stereocenters. The zero-order valence-electron chi connectivity index (χ0n) is 10.3. The van der Waals surface area contributed by atoms with Crippen molar-refractivity contribution in [3.05, 3.63) is 42.0 Å². The molecule has 0 amide bonds. The van der Waals surface area contributed by atoms with Crippen molar-refractivity contribution in [1.82, 2.24) is 10.2 Å². The lowest BCUT2D eigenvalue weighted by atomic mass is 10.1. The first-order valence-electron chi connectivity index (χ1n) is 5.70. The van der Waals surface area contributed by atoms with E-state index >= 15 is 0 Å². The normalized spacial score (nSPS) is 10.5.